The number of nitrogens with zero attached hydrogens (tertiary/aromatic N) is 1. The fourth-order valence-electron chi connectivity index (χ4n) is 1.96. The molecule has 1 N–H and O–H groups in total. The van der Waals surface area contributed by atoms with E-state index in [2.05, 4.69) is 4.98 Å². The van der Waals surface area contributed by atoms with Crippen molar-refractivity contribution in [3.63, 3.8) is 0 Å². The second kappa shape index (κ2) is 5.99. The van der Waals surface area contributed by atoms with Gasteiger partial charge in [-0.15, -0.1) is 11.3 Å². The molecule has 0 saturated carbocycles. The van der Waals surface area contributed by atoms with Crippen molar-refractivity contribution < 1.29 is 14.6 Å². The van der Waals surface area contributed by atoms with Gasteiger partial charge >= 0.3 is 0 Å². The number of aromatic nitrogens is 1. The van der Waals surface area contributed by atoms with Crippen LogP contribution in [0.25, 0.3) is 10.6 Å². The van der Waals surface area contributed by atoms with E-state index in [-0.39, 0.29) is 0 Å². The highest BCUT2D eigenvalue weighted by molar-refractivity contribution is 7.15. The number of halogens is 1. The van der Waals surface area contributed by atoms with Gasteiger partial charge in [-0.05, 0) is 26.0 Å². The zero-order chi connectivity index (χ0) is 14.9. The highest BCUT2D eigenvalue weighted by Crippen LogP contribution is 2.41. The van der Waals surface area contributed by atoms with Gasteiger partial charge < -0.3 is 14.6 Å². The molecule has 1 aromatic carbocycles. The molecule has 0 fully saturated rings. The number of aryl methyl sites for hydroxylation is 1. The van der Waals surface area contributed by atoms with Crippen LogP contribution in [-0.2, 0) is 0 Å². The van der Waals surface area contributed by atoms with E-state index in [4.69, 9.17) is 21.1 Å². The molecule has 0 amide bonds. The molecule has 0 aliphatic heterocycles. The lowest BCUT2D eigenvalue weighted by atomic mass is 10.2. The second-order valence-corrected chi connectivity index (χ2v) is 5.78. The third-order valence-electron chi connectivity index (χ3n) is 2.89. The lowest BCUT2D eigenvalue weighted by Gasteiger charge is -2.10. The maximum atomic E-state index is 9.70. The van der Waals surface area contributed by atoms with Gasteiger partial charge in [-0.1, -0.05) is 11.6 Å². The first-order valence-corrected chi connectivity index (χ1v) is 7.24. The number of hydrogen-bond acceptors (Lipinski definition) is 5. The minimum absolute atomic E-state index is 0.466. The Kier molecular flexibility index (Phi) is 4.52. The summed E-state index contributed by atoms with van der Waals surface area (Å²) in [5, 5.41) is 11.0. The lowest BCUT2D eigenvalue weighted by molar-refractivity contribution is 0.202. The molecule has 1 heterocycles. The number of ether oxygens (including phenoxy) is 2. The first kappa shape index (κ1) is 15.1. The van der Waals surface area contributed by atoms with Gasteiger partial charge in [0.15, 0.2) is 11.5 Å². The molecule has 0 saturated heterocycles. The minimum Gasteiger partial charge on any atom is -0.493 e. The van der Waals surface area contributed by atoms with E-state index < -0.39 is 6.10 Å². The van der Waals surface area contributed by atoms with Crippen molar-refractivity contribution in [2.45, 2.75) is 20.0 Å². The summed E-state index contributed by atoms with van der Waals surface area (Å²) in [6.07, 6.45) is -0.531. The van der Waals surface area contributed by atoms with E-state index in [1.807, 2.05) is 13.0 Å². The third kappa shape index (κ3) is 2.75. The Morgan fingerprint density at radius 1 is 1.30 bits per heavy atom. The van der Waals surface area contributed by atoms with Gasteiger partial charge in [-0.2, -0.15) is 0 Å². The molecule has 0 spiro atoms. The van der Waals surface area contributed by atoms with Crippen LogP contribution in [0.5, 0.6) is 11.5 Å². The Labute approximate surface area is 126 Å². The molecule has 6 heteroatoms. The Hall–Kier alpha value is -1.30. The van der Waals surface area contributed by atoms with Crippen molar-refractivity contribution in [3.05, 3.63) is 27.7 Å². The lowest BCUT2D eigenvalue weighted by Crippen LogP contribution is -1.92. The van der Waals surface area contributed by atoms with Gasteiger partial charge in [-0.25, -0.2) is 4.98 Å². The van der Waals surface area contributed by atoms with Crippen LogP contribution in [0.4, 0.5) is 0 Å². The maximum absolute atomic E-state index is 9.70. The standard InChI is InChI=1S/C14H16ClNO3S/c1-7-13(8(2)17)20-14(16-7)9-5-10(15)12(19-4)11(6-9)18-3/h5-6,8,17H,1-4H3. The first-order valence-electron chi connectivity index (χ1n) is 6.05. The topological polar surface area (TPSA) is 51.6 Å². The average Bonchev–Trinajstić information content (AvgIpc) is 2.80. The van der Waals surface area contributed by atoms with E-state index in [0.717, 1.165) is 21.1 Å². The van der Waals surface area contributed by atoms with Crippen molar-refractivity contribution in [1.29, 1.82) is 0 Å². The zero-order valence-electron chi connectivity index (χ0n) is 11.7. The fraction of sp³-hybridized carbons (Fsp3) is 0.357. The van der Waals surface area contributed by atoms with E-state index in [1.165, 1.54) is 11.3 Å². The predicted octanol–water partition coefficient (Wildman–Crippen LogP) is 3.84. The van der Waals surface area contributed by atoms with Crippen LogP contribution in [-0.4, -0.2) is 24.3 Å². The number of hydrogen-bond donors (Lipinski definition) is 1. The molecule has 0 radical (unpaired) electrons. The quantitative estimate of drug-likeness (QED) is 0.931. The van der Waals surface area contributed by atoms with Crippen LogP contribution in [0.1, 0.15) is 23.6 Å². The molecule has 0 bridgehead atoms. The van der Waals surface area contributed by atoms with Gasteiger partial charge in [0.25, 0.3) is 0 Å². The van der Waals surface area contributed by atoms with Crippen molar-refractivity contribution in [2.24, 2.45) is 0 Å². The summed E-state index contributed by atoms with van der Waals surface area (Å²) in [6.45, 7) is 3.61. The molecule has 4 nitrogen and oxygen atoms in total. The van der Waals surface area contributed by atoms with E-state index in [9.17, 15) is 5.11 Å². The van der Waals surface area contributed by atoms with Gasteiger partial charge in [0.2, 0.25) is 0 Å². The molecule has 1 atom stereocenters. The summed E-state index contributed by atoms with van der Waals surface area (Å²) in [5.41, 5.74) is 1.67. The van der Waals surface area contributed by atoms with Crippen LogP contribution < -0.4 is 9.47 Å². The van der Waals surface area contributed by atoms with Crippen LogP contribution in [0.2, 0.25) is 5.02 Å². The molecular weight excluding hydrogens is 298 g/mol. The van der Waals surface area contributed by atoms with Gasteiger partial charge in [0.05, 0.1) is 35.9 Å². The number of benzene rings is 1. The van der Waals surface area contributed by atoms with Crippen LogP contribution in [0.15, 0.2) is 12.1 Å². The first-order chi connectivity index (χ1) is 9.47. The molecule has 0 aliphatic rings. The number of methoxy groups -OCH3 is 2. The Bertz CT molecular complexity index is 625. The van der Waals surface area contributed by atoms with Crippen LogP contribution in [0.3, 0.4) is 0 Å². The van der Waals surface area contributed by atoms with Gasteiger partial charge in [0, 0.05) is 5.56 Å². The largest absolute Gasteiger partial charge is 0.493 e. The van der Waals surface area contributed by atoms with Crippen molar-refractivity contribution in [2.75, 3.05) is 14.2 Å². The molecule has 108 valence electrons. The highest BCUT2D eigenvalue weighted by atomic mass is 35.5. The smallest absolute Gasteiger partial charge is 0.179 e. The Balaban J connectivity index is 2.53. The number of aliphatic hydroxyl groups is 1. The molecule has 20 heavy (non-hydrogen) atoms. The molecule has 2 rings (SSSR count). The predicted molar refractivity (Wildman–Crippen MR) is 81.0 cm³/mol. The zero-order valence-corrected chi connectivity index (χ0v) is 13.3. The fourth-order valence-corrected chi connectivity index (χ4v) is 3.24. The molecule has 1 unspecified atom stereocenters. The summed E-state index contributed by atoms with van der Waals surface area (Å²) in [5.74, 6) is 1.06. The normalized spacial score (nSPS) is 12.3. The maximum Gasteiger partial charge on any atom is 0.179 e. The second-order valence-electron chi connectivity index (χ2n) is 4.34. The van der Waals surface area contributed by atoms with Crippen LogP contribution >= 0.6 is 22.9 Å². The summed E-state index contributed by atoms with van der Waals surface area (Å²) in [6, 6.07) is 3.61. The highest BCUT2D eigenvalue weighted by Gasteiger charge is 2.17. The monoisotopic (exact) mass is 313 g/mol. The molecule has 1 aromatic heterocycles. The van der Waals surface area contributed by atoms with Crippen LogP contribution in [0, 0.1) is 6.92 Å². The number of rotatable bonds is 4. The van der Waals surface area contributed by atoms with E-state index >= 15 is 0 Å². The Morgan fingerprint density at radius 2 is 2.00 bits per heavy atom. The summed E-state index contributed by atoms with van der Waals surface area (Å²) >= 11 is 7.64. The van der Waals surface area contributed by atoms with Crippen molar-refractivity contribution >= 4 is 22.9 Å². The van der Waals surface area contributed by atoms with E-state index in [0.29, 0.717) is 16.5 Å². The average molecular weight is 314 g/mol. The van der Waals surface area contributed by atoms with Gasteiger partial charge in [0.1, 0.15) is 5.01 Å². The third-order valence-corrected chi connectivity index (χ3v) is 4.55. The van der Waals surface area contributed by atoms with Gasteiger partial charge in [-0.3, -0.25) is 0 Å². The number of aliphatic hydroxyl groups excluding tert-OH is 1. The summed E-state index contributed by atoms with van der Waals surface area (Å²) in [7, 11) is 3.11. The minimum atomic E-state index is -0.531. The molecule has 2 aromatic rings. The molecular formula is C14H16ClNO3S. The molecule has 0 aliphatic carbocycles. The Morgan fingerprint density at radius 3 is 2.50 bits per heavy atom. The SMILES string of the molecule is COc1cc(-c2nc(C)c(C(C)O)s2)cc(Cl)c1OC. The number of thiazole rings is 1. The van der Waals surface area contributed by atoms with Crippen molar-refractivity contribution in [1.82, 2.24) is 4.98 Å². The van der Waals surface area contributed by atoms with Crippen molar-refractivity contribution in [3.8, 4) is 22.1 Å². The van der Waals surface area contributed by atoms with E-state index in [1.54, 1.807) is 27.2 Å². The summed E-state index contributed by atoms with van der Waals surface area (Å²) in [4.78, 5) is 5.33. The summed E-state index contributed by atoms with van der Waals surface area (Å²) < 4.78 is 10.5.